The van der Waals surface area contributed by atoms with E-state index in [1.807, 2.05) is 18.2 Å². The number of hydrogen-bond acceptors (Lipinski definition) is 2. The molecule has 2 amide bonds. The summed E-state index contributed by atoms with van der Waals surface area (Å²) in [6.45, 7) is 2.51. The molecule has 102 valence electrons. The van der Waals surface area contributed by atoms with Crippen LogP contribution in [0, 0.1) is 0 Å². The van der Waals surface area contributed by atoms with Crippen molar-refractivity contribution in [2.45, 2.75) is 6.54 Å². The van der Waals surface area contributed by atoms with E-state index >= 15 is 0 Å². The van der Waals surface area contributed by atoms with E-state index in [1.165, 1.54) is 0 Å². The Labute approximate surface area is 116 Å². The molecule has 0 aromatic heterocycles. The number of rotatable bonds is 4. The summed E-state index contributed by atoms with van der Waals surface area (Å²) in [5.41, 5.74) is 0.893. The number of quaternary nitrogens is 1. The topological polar surface area (TPSA) is 62.6 Å². The zero-order valence-electron chi connectivity index (χ0n) is 10.5. The molecule has 1 aromatic carbocycles. The summed E-state index contributed by atoms with van der Waals surface area (Å²) in [7, 11) is 0. The van der Waals surface area contributed by atoms with Crippen molar-refractivity contribution < 1.29 is 14.5 Å². The van der Waals surface area contributed by atoms with Crippen LogP contribution in [0.2, 0.25) is 5.02 Å². The van der Waals surface area contributed by atoms with Crippen LogP contribution in [0.5, 0.6) is 0 Å². The van der Waals surface area contributed by atoms with Gasteiger partial charge in [0.15, 0.2) is 13.1 Å². The number of piperazine rings is 1. The lowest BCUT2D eigenvalue weighted by Crippen LogP contribution is -3.16. The van der Waals surface area contributed by atoms with E-state index < -0.39 is 0 Å². The summed E-state index contributed by atoms with van der Waals surface area (Å²) in [5, 5.41) is 6.21. The maximum atomic E-state index is 11.8. The van der Waals surface area contributed by atoms with Crippen LogP contribution in [-0.2, 0) is 16.1 Å². The molecule has 1 aliphatic rings. The van der Waals surface area contributed by atoms with E-state index in [-0.39, 0.29) is 11.8 Å². The normalized spacial score (nSPS) is 18.8. The Morgan fingerprint density at radius 1 is 1.42 bits per heavy atom. The summed E-state index contributed by atoms with van der Waals surface area (Å²) in [6.07, 6.45) is 0. The summed E-state index contributed by atoms with van der Waals surface area (Å²) in [6, 6.07) is 7.41. The lowest BCUT2D eigenvalue weighted by atomic mass is 10.2. The average molecular weight is 283 g/mol. The van der Waals surface area contributed by atoms with Gasteiger partial charge in [-0.25, -0.2) is 0 Å². The molecule has 5 nitrogen and oxygen atoms in total. The molecule has 0 spiro atoms. The average Bonchev–Trinajstić information content (AvgIpc) is 2.38. The van der Waals surface area contributed by atoms with Gasteiger partial charge in [0.2, 0.25) is 0 Å². The minimum Gasteiger partial charge on any atom is -0.347 e. The molecule has 3 N–H and O–H groups in total. The Morgan fingerprint density at radius 2 is 2.21 bits per heavy atom. The minimum absolute atomic E-state index is 0.000142. The predicted molar refractivity (Wildman–Crippen MR) is 71.9 cm³/mol. The molecule has 19 heavy (non-hydrogen) atoms. The SMILES string of the molecule is O=C1C[NH+](CC(=O)NCc2ccccc2Cl)CCN1. The highest BCUT2D eigenvalue weighted by molar-refractivity contribution is 6.31. The molecule has 1 heterocycles. The van der Waals surface area contributed by atoms with E-state index in [4.69, 9.17) is 11.6 Å². The Bertz CT molecular complexity index is 479. The zero-order chi connectivity index (χ0) is 13.7. The Morgan fingerprint density at radius 3 is 2.95 bits per heavy atom. The molecule has 1 fully saturated rings. The van der Waals surface area contributed by atoms with Gasteiger partial charge in [-0.05, 0) is 11.6 Å². The second kappa shape index (κ2) is 6.54. The van der Waals surface area contributed by atoms with Crippen LogP contribution < -0.4 is 15.5 Å². The van der Waals surface area contributed by atoms with Crippen molar-refractivity contribution in [2.24, 2.45) is 0 Å². The van der Waals surface area contributed by atoms with E-state index in [9.17, 15) is 9.59 Å². The predicted octanol–water partition coefficient (Wildman–Crippen LogP) is -1.03. The van der Waals surface area contributed by atoms with E-state index in [1.54, 1.807) is 6.07 Å². The van der Waals surface area contributed by atoms with Crippen molar-refractivity contribution in [3.05, 3.63) is 34.9 Å². The second-order valence-corrected chi connectivity index (χ2v) is 4.98. The highest BCUT2D eigenvalue weighted by Crippen LogP contribution is 2.13. The third-order valence-electron chi connectivity index (χ3n) is 3.06. The van der Waals surface area contributed by atoms with Crippen molar-refractivity contribution in [2.75, 3.05) is 26.2 Å². The third kappa shape index (κ3) is 4.22. The smallest absolute Gasteiger partial charge is 0.275 e. The fourth-order valence-corrected chi connectivity index (χ4v) is 2.24. The van der Waals surface area contributed by atoms with Gasteiger partial charge in [0, 0.05) is 11.6 Å². The number of carbonyl (C=O) groups excluding carboxylic acids is 2. The lowest BCUT2D eigenvalue weighted by molar-refractivity contribution is -0.885. The van der Waals surface area contributed by atoms with Crippen LogP contribution in [0.4, 0.5) is 0 Å². The number of halogens is 1. The van der Waals surface area contributed by atoms with Gasteiger partial charge in [0.1, 0.15) is 0 Å². The minimum atomic E-state index is -0.0652. The summed E-state index contributed by atoms with van der Waals surface area (Å²) >= 11 is 6.01. The van der Waals surface area contributed by atoms with Crippen LogP contribution in [0.1, 0.15) is 5.56 Å². The van der Waals surface area contributed by atoms with Crippen LogP contribution in [0.15, 0.2) is 24.3 Å². The first-order chi connectivity index (χ1) is 9.15. The lowest BCUT2D eigenvalue weighted by Gasteiger charge is -2.22. The fourth-order valence-electron chi connectivity index (χ4n) is 2.03. The largest absolute Gasteiger partial charge is 0.347 e. The Hall–Kier alpha value is -1.59. The number of carbonyl (C=O) groups is 2. The molecule has 0 aliphatic carbocycles. The molecule has 1 aromatic rings. The molecule has 0 saturated carbocycles. The van der Waals surface area contributed by atoms with Gasteiger partial charge in [0.05, 0.1) is 13.1 Å². The fraction of sp³-hybridized carbons (Fsp3) is 0.385. The van der Waals surface area contributed by atoms with Gasteiger partial charge in [-0.15, -0.1) is 0 Å². The first kappa shape index (κ1) is 13.8. The number of amides is 2. The highest BCUT2D eigenvalue weighted by Gasteiger charge is 2.21. The third-order valence-corrected chi connectivity index (χ3v) is 3.42. The summed E-state index contributed by atoms with van der Waals surface area (Å²) in [5.74, 6) is -0.0650. The summed E-state index contributed by atoms with van der Waals surface area (Å²) < 4.78 is 0. The van der Waals surface area contributed by atoms with Crippen molar-refractivity contribution in [3.8, 4) is 0 Å². The van der Waals surface area contributed by atoms with E-state index in [0.717, 1.165) is 17.0 Å². The molecule has 1 unspecified atom stereocenters. The molecular formula is C13H17ClN3O2+. The highest BCUT2D eigenvalue weighted by atomic mass is 35.5. The number of benzene rings is 1. The molecule has 1 saturated heterocycles. The van der Waals surface area contributed by atoms with Gasteiger partial charge in [-0.2, -0.15) is 0 Å². The van der Waals surface area contributed by atoms with Gasteiger partial charge >= 0.3 is 0 Å². The van der Waals surface area contributed by atoms with Crippen LogP contribution in [0.25, 0.3) is 0 Å². The van der Waals surface area contributed by atoms with Gasteiger partial charge in [-0.1, -0.05) is 29.8 Å². The van der Waals surface area contributed by atoms with Crippen molar-refractivity contribution >= 4 is 23.4 Å². The molecule has 2 rings (SSSR count). The number of nitrogens with one attached hydrogen (secondary N) is 3. The molecular weight excluding hydrogens is 266 g/mol. The van der Waals surface area contributed by atoms with E-state index in [0.29, 0.717) is 31.2 Å². The first-order valence-corrected chi connectivity index (χ1v) is 6.63. The maximum absolute atomic E-state index is 11.8. The van der Waals surface area contributed by atoms with E-state index in [2.05, 4.69) is 10.6 Å². The van der Waals surface area contributed by atoms with Crippen LogP contribution >= 0.6 is 11.6 Å². The van der Waals surface area contributed by atoms with Gasteiger partial charge in [0.25, 0.3) is 11.8 Å². The second-order valence-electron chi connectivity index (χ2n) is 4.57. The van der Waals surface area contributed by atoms with Gasteiger partial charge in [-0.3, -0.25) is 9.59 Å². The number of hydrogen-bond donors (Lipinski definition) is 3. The molecule has 0 radical (unpaired) electrons. The molecule has 6 heteroatoms. The maximum Gasteiger partial charge on any atom is 0.275 e. The van der Waals surface area contributed by atoms with Gasteiger partial charge < -0.3 is 15.5 Å². The molecule has 1 atom stereocenters. The summed E-state index contributed by atoms with van der Waals surface area (Å²) in [4.78, 5) is 24.0. The standard InChI is InChI=1S/C13H16ClN3O2/c14-11-4-2-1-3-10(11)7-16-13(19)9-17-6-5-15-12(18)8-17/h1-4H,5-9H2,(H,15,18)(H,16,19)/p+1. The van der Waals surface area contributed by atoms with Crippen LogP contribution in [-0.4, -0.2) is 38.0 Å². The monoisotopic (exact) mass is 282 g/mol. The van der Waals surface area contributed by atoms with Crippen LogP contribution in [0.3, 0.4) is 0 Å². The molecule has 0 bridgehead atoms. The van der Waals surface area contributed by atoms with Crippen molar-refractivity contribution in [1.29, 1.82) is 0 Å². The first-order valence-electron chi connectivity index (χ1n) is 6.25. The Kier molecular flexibility index (Phi) is 4.76. The quantitative estimate of drug-likeness (QED) is 0.661. The van der Waals surface area contributed by atoms with Crippen molar-refractivity contribution in [3.63, 3.8) is 0 Å². The molecule has 1 aliphatic heterocycles. The zero-order valence-corrected chi connectivity index (χ0v) is 11.3. The van der Waals surface area contributed by atoms with Crippen molar-refractivity contribution in [1.82, 2.24) is 10.6 Å². The Balaban J connectivity index is 1.78.